The van der Waals surface area contributed by atoms with E-state index in [0.717, 1.165) is 17.5 Å². The van der Waals surface area contributed by atoms with Gasteiger partial charge in [-0.05, 0) is 95.8 Å². The van der Waals surface area contributed by atoms with Gasteiger partial charge in [0, 0.05) is 6.42 Å². The van der Waals surface area contributed by atoms with Crippen LogP contribution in [0, 0.1) is 12.7 Å². The Kier molecular flexibility index (Phi) is 7.25. The van der Waals surface area contributed by atoms with Gasteiger partial charge < -0.3 is 19.4 Å². The summed E-state index contributed by atoms with van der Waals surface area (Å²) in [5, 5.41) is 2.82. The number of ether oxygens (including phenoxy) is 1. The lowest BCUT2D eigenvalue weighted by Crippen LogP contribution is -2.58. The molecule has 0 radical (unpaired) electrons. The Bertz CT molecular complexity index is 1030. The molecule has 1 aromatic carbocycles. The highest BCUT2D eigenvalue weighted by molar-refractivity contribution is 6.74. The molecule has 2 amide bonds. The molecule has 8 heteroatoms. The van der Waals surface area contributed by atoms with E-state index in [1.54, 1.807) is 32.9 Å². The number of aryl methyl sites for hydroxylation is 1. The lowest BCUT2D eigenvalue weighted by molar-refractivity contribution is -0.138. The number of fused-ring (bicyclic) bond motifs is 1. The van der Waals surface area contributed by atoms with Crippen molar-refractivity contribution in [3.63, 3.8) is 0 Å². The summed E-state index contributed by atoms with van der Waals surface area (Å²) >= 11 is 0. The molecule has 36 heavy (non-hydrogen) atoms. The van der Waals surface area contributed by atoms with Crippen molar-refractivity contribution in [3.8, 4) is 0 Å². The van der Waals surface area contributed by atoms with Crippen LogP contribution in [0.1, 0.15) is 85.8 Å². The van der Waals surface area contributed by atoms with Crippen molar-refractivity contribution in [2.45, 2.75) is 129 Å². The van der Waals surface area contributed by atoms with Crippen LogP contribution in [0.4, 0.5) is 9.18 Å². The quantitative estimate of drug-likeness (QED) is 0.455. The first kappa shape index (κ1) is 28.6. The molecular formula is C28H45FN2O4Si. The van der Waals surface area contributed by atoms with Gasteiger partial charge in [0.25, 0.3) is 0 Å². The van der Waals surface area contributed by atoms with Crippen molar-refractivity contribution in [1.29, 1.82) is 0 Å². The number of halogens is 1. The maximum absolute atomic E-state index is 14.5. The molecule has 2 saturated heterocycles. The number of benzene rings is 1. The minimum Gasteiger partial charge on any atom is -0.444 e. The molecule has 0 unspecified atom stereocenters. The fourth-order valence-electron chi connectivity index (χ4n) is 5.65. The third-order valence-electron chi connectivity index (χ3n) is 8.20. The van der Waals surface area contributed by atoms with E-state index < -0.39 is 37.2 Å². The summed E-state index contributed by atoms with van der Waals surface area (Å²) in [5.41, 5.74) is -0.296. The number of nitrogens with one attached hydrogen (secondary N) is 1. The lowest BCUT2D eigenvalue weighted by atomic mass is 9.82. The highest BCUT2D eigenvalue weighted by Crippen LogP contribution is 2.54. The molecule has 2 heterocycles. The molecule has 1 aromatic rings. The summed E-state index contributed by atoms with van der Waals surface area (Å²) in [7, 11) is -2.15. The van der Waals surface area contributed by atoms with E-state index in [-0.39, 0.29) is 22.8 Å². The Labute approximate surface area is 217 Å². The number of carbonyl (C=O) groups is 2. The lowest BCUT2D eigenvalue weighted by Gasteiger charge is -2.48. The molecule has 1 N–H and O–H groups in total. The molecule has 2 fully saturated rings. The van der Waals surface area contributed by atoms with E-state index >= 15 is 0 Å². The zero-order chi connectivity index (χ0) is 27.5. The maximum atomic E-state index is 14.5. The molecule has 0 aliphatic carbocycles. The fourth-order valence-corrected chi connectivity index (χ4v) is 7.41. The van der Waals surface area contributed by atoms with Crippen LogP contribution < -0.4 is 5.32 Å². The Morgan fingerprint density at radius 1 is 1.14 bits per heavy atom. The highest BCUT2D eigenvalue weighted by atomic mass is 28.4. The molecule has 3 rings (SSSR count). The Balaban J connectivity index is 2.04. The number of rotatable bonds is 5. The molecule has 6 nitrogen and oxygen atoms in total. The maximum Gasteiger partial charge on any atom is 0.408 e. The largest absolute Gasteiger partial charge is 0.444 e. The van der Waals surface area contributed by atoms with Crippen LogP contribution in [0.15, 0.2) is 18.2 Å². The van der Waals surface area contributed by atoms with E-state index in [2.05, 4.69) is 53.0 Å². The summed E-state index contributed by atoms with van der Waals surface area (Å²) in [6.45, 7) is 22.5. The second-order valence-electron chi connectivity index (χ2n) is 13.6. The van der Waals surface area contributed by atoms with Gasteiger partial charge in [-0.15, -0.1) is 0 Å². The summed E-state index contributed by atoms with van der Waals surface area (Å²) in [5.74, 6) is -0.500. The highest BCUT2D eigenvalue weighted by Gasteiger charge is 2.62. The van der Waals surface area contributed by atoms with Gasteiger partial charge in [-0.2, -0.15) is 0 Å². The summed E-state index contributed by atoms with van der Waals surface area (Å²) < 4.78 is 26.9. The first-order valence-corrected chi connectivity index (χ1v) is 15.9. The average molecular weight is 521 g/mol. The first-order valence-electron chi connectivity index (χ1n) is 13.0. The Morgan fingerprint density at radius 2 is 1.75 bits per heavy atom. The molecule has 2 aliphatic heterocycles. The van der Waals surface area contributed by atoms with Gasteiger partial charge in [0.1, 0.15) is 17.5 Å². The predicted molar refractivity (Wildman–Crippen MR) is 143 cm³/mol. The van der Waals surface area contributed by atoms with Crippen LogP contribution in [-0.4, -0.2) is 48.5 Å². The molecule has 3 atom stereocenters. The number of hydrogen-bond donors (Lipinski definition) is 1. The molecule has 202 valence electrons. The van der Waals surface area contributed by atoms with Crippen LogP contribution in [0.5, 0.6) is 0 Å². The van der Waals surface area contributed by atoms with E-state index in [1.807, 2.05) is 11.8 Å². The number of carbonyl (C=O) groups excluding carboxylic acids is 2. The van der Waals surface area contributed by atoms with Gasteiger partial charge in [0.05, 0.1) is 17.2 Å². The second-order valence-corrected chi connectivity index (χ2v) is 18.3. The van der Waals surface area contributed by atoms with E-state index in [0.29, 0.717) is 12.8 Å². The number of amides is 2. The standard InChI is InChI=1S/C28H45FN2O4Si/c1-18-12-13-19(29)16-20(18)28-15-14-22(27(8,9)35-36(10,11)26(5,6)7)31(28)23(32)21(17-28)30-24(33)34-25(2,3)4/h12-13,16,21-22H,14-15,17H2,1-11H3,(H,30,33)/t21-,22+,28+/m0/s1. The van der Waals surface area contributed by atoms with Crippen molar-refractivity contribution in [1.82, 2.24) is 10.2 Å². The molecule has 0 spiro atoms. The monoisotopic (exact) mass is 520 g/mol. The van der Waals surface area contributed by atoms with Gasteiger partial charge in [0.2, 0.25) is 5.91 Å². The van der Waals surface area contributed by atoms with Gasteiger partial charge in [-0.1, -0.05) is 26.8 Å². The van der Waals surface area contributed by atoms with Crippen molar-refractivity contribution >= 4 is 20.3 Å². The third-order valence-corrected chi connectivity index (χ3v) is 12.8. The third kappa shape index (κ3) is 5.35. The first-order chi connectivity index (χ1) is 16.2. The fraction of sp³-hybridized carbons (Fsp3) is 0.714. The van der Waals surface area contributed by atoms with Gasteiger partial charge in [0.15, 0.2) is 8.32 Å². The molecular weight excluding hydrogens is 475 g/mol. The van der Waals surface area contributed by atoms with Crippen molar-refractivity contribution in [3.05, 3.63) is 35.1 Å². The van der Waals surface area contributed by atoms with Crippen molar-refractivity contribution < 1.29 is 23.1 Å². The summed E-state index contributed by atoms with van der Waals surface area (Å²) in [6, 6.07) is 3.79. The topological polar surface area (TPSA) is 67.9 Å². The minimum absolute atomic E-state index is 0.00886. The van der Waals surface area contributed by atoms with Crippen LogP contribution in [-0.2, 0) is 19.5 Å². The van der Waals surface area contributed by atoms with Crippen LogP contribution in [0.25, 0.3) is 0 Å². The zero-order valence-electron chi connectivity index (χ0n) is 24.0. The van der Waals surface area contributed by atoms with Gasteiger partial charge >= 0.3 is 6.09 Å². The van der Waals surface area contributed by atoms with Crippen molar-refractivity contribution in [2.24, 2.45) is 0 Å². The number of nitrogens with zero attached hydrogens (tertiary/aromatic N) is 1. The van der Waals surface area contributed by atoms with Gasteiger partial charge in [-0.25, -0.2) is 9.18 Å². The SMILES string of the molecule is Cc1ccc(F)cc1[C@]12CC[C@H](C(C)(C)O[Si](C)(C)C(C)(C)C)N1C(=O)[C@@H](NC(=O)OC(C)(C)C)C2. The Morgan fingerprint density at radius 3 is 2.31 bits per heavy atom. The summed E-state index contributed by atoms with van der Waals surface area (Å²) in [4.78, 5) is 28.5. The molecule has 0 saturated carbocycles. The number of hydrogen-bond acceptors (Lipinski definition) is 4. The van der Waals surface area contributed by atoms with Crippen molar-refractivity contribution in [2.75, 3.05) is 0 Å². The molecule has 0 aromatic heterocycles. The molecule has 2 aliphatic rings. The van der Waals surface area contributed by atoms with E-state index in [4.69, 9.17) is 9.16 Å². The van der Waals surface area contributed by atoms with Gasteiger partial charge in [-0.3, -0.25) is 4.79 Å². The van der Waals surface area contributed by atoms with Crippen LogP contribution in [0.3, 0.4) is 0 Å². The average Bonchev–Trinajstić information content (AvgIpc) is 3.17. The number of alkyl carbamates (subject to hydrolysis) is 1. The smallest absolute Gasteiger partial charge is 0.408 e. The minimum atomic E-state index is -2.15. The van der Waals surface area contributed by atoms with Crippen LogP contribution >= 0.6 is 0 Å². The normalized spacial score (nSPS) is 25.2. The van der Waals surface area contributed by atoms with E-state index in [9.17, 15) is 14.0 Å². The van der Waals surface area contributed by atoms with Crippen LogP contribution in [0.2, 0.25) is 18.1 Å². The predicted octanol–water partition coefficient (Wildman–Crippen LogP) is 6.42. The second kappa shape index (κ2) is 9.12. The Hall–Kier alpha value is -1.93. The van der Waals surface area contributed by atoms with E-state index in [1.165, 1.54) is 6.07 Å². The zero-order valence-corrected chi connectivity index (χ0v) is 25.0. The molecule has 0 bridgehead atoms. The summed E-state index contributed by atoms with van der Waals surface area (Å²) in [6.07, 6.45) is 1.15.